The predicted octanol–water partition coefficient (Wildman–Crippen LogP) is 2.39. The zero-order valence-electron chi connectivity index (χ0n) is 10.9. The van der Waals surface area contributed by atoms with Crippen molar-refractivity contribution in [2.75, 3.05) is 7.05 Å². The maximum absolute atomic E-state index is 12.4. The van der Waals surface area contributed by atoms with Crippen LogP contribution in [0, 0.1) is 0 Å². The zero-order valence-corrected chi connectivity index (χ0v) is 12.5. The standard InChI is InChI=1S/C13H16N2O2S2/c1-11(8-12-5-7-18-10-12)15(2)19(16,17)13-4-3-6-14-9-13/h3-7,9-11H,8H2,1-2H3/t11-/m1/s1. The van der Waals surface area contributed by atoms with E-state index in [0.29, 0.717) is 6.42 Å². The summed E-state index contributed by atoms with van der Waals surface area (Å²) in [5.74, 6) is 0. The molecule has 2 aromatic rings. The highest BCUT2D eigenvalue weighted by Gasteiger charge is 2.25. The molecule has 2 aromatic heterocycles. The first-order chi connectivity index (χ1) is 9.01. The van der Waals surface area contributed by atoms with Crippen LogP contribution in [0.15, 0.2) is 46.2 Å². The van der Waals surface area contributed by atoms with Crippen LogP contribution in [0.1, 0.15) is 12.5 Å². The Bertz CT molecular complexity index is 609. The Morgan fingerprint density at radius 3 is 2.79 bits per heavy atom. The first-order valence-electron chi connectivity index (χ1n) is 5.91. The molecule has 0 radical (unpaired) electrons. The molecule has 0 aliphatic carbocycles. The van der Waals surface area contributed by atoms with Gasteiger partial charge in [-0.2, -0.15) is 15.6 Å². The van der Waals surface area contributed by atoms with Gasteiger partial charge in [0.15, 0.2) is 0 Å². The molecule has 2 heterocycles. The lowest BCUT2D eigenvalue weighted by atomic mass is 10.1. The van der Waals surface area contributed by atoms with Gasteiger partial charge < -0.3 is 0 Å². The fraction of sp³-hybridized carbons (Fsp3) is 0.308. The fourth-order valence-corrected chi connectivity index (χ4v) is 3.79. The number of pyridine rings is 1. The third-order valence-corrected chi connectivity index (χ3v) is 5.73. The minimum absolute atomic E-state index is 0.0974. The van der Waals surface area contributed by atoms with E-state index in [0.717, 1.165) is 5.56 Å². The van der Waals surface area contributed by atoms with Crippen LogP contribution in [-0.2, 0) is 16.4 Å². The highest BCUT2D eigenvalue weighted by Crippen LogP contribution is 2.18. The van der Waals surface area contributed by atoms with Gasteiger partial charge in [-0.15, -0.1) is 0 Å². The summed E-state index contributed by atoms with van der Waals surface area (Å²) in [7, 11) is -1.86. The second kappa shape index (κ2) is 5.81. The van der Waals surface area contributed by atoms with Crippen LogP contribution < -0.4 is 0 Å². The summed E-state index contributed by atoms with van der Waals surface area (Å²) >= 11 is 1.62. The highest BCUT2D eigenvalue weighted by atomic mass is 32.2. The van der Waals surface area contributed by atoms with Crippen molar-refractivity contribution in [3.8, 4) is 0 Å². The van der Waals surface area contributed by atoms with Crippen LogP contribution in [0.25, 0.3) is 0 Å². The molecule has 102 valence electrons. The maximum Gasteiger partial charge on any atom is 0.244 e. The van der Waals surface area contributed by atoms with Gasteiger partial charge in [-0.05, 0) is 47.9 Å². The Labute approximate surface area is 117 Å². The second-order valence-corrected chi connectivity index (χ2v) is 7.17. The molecule has 0 bridgehead atoms. The van der Waals surface area contributed by atoms with Crippen molar-refractivity contribution < 1.29 is 8.42 Å². The number of sulfonamides is 1. The smallest absolute Gasteiger partial charge is 0.244 e. The number of thiophene rings is 1. The number of hydrogen-bond acceptors (Lipinski definition) is 4. The van der Waals surface area contributed by atoms with E-state index in [1.54, 1.807) is 36.7 Å². The first-order valence-corrected chi connectivity index (χ1v) is 8.29. The maximum atomic E-state index is 12.4. The second-order valence-electron chi connectivity index (χ2n) is 4.39. The van der Waals surface area contributed by atoms with Crippen LogP contribution in [-0.4, -0.2) is 30.8 Å². The predicted molar refractivity (Wildman–Crippen MR) is 76.7 cm³/mol. The normalized spacial score (nSPS) is 13.6. The highest BCUT2D eigenvalue weighted by molar-refractivity contribution is 7.89. The molecule has 2 rings (SSSR count). The first kappa shape index (κ1) is 14.2. The Hall–Kier alpha value is -1.24. The van der Waals surface area contributed by atoms with E-state index in [2.05, 4.69) is 4.98 Å². The lowest BCUT2D eigenvalue weighted by molar-refractivity contribution is 0.387. The lowest BCUT2D eigenvalue weighted by Crippen LogP contribution is -2.36. The number of rotatable bonds is 5. The Morgan fingerprint density at radius 2 is 2.21 bits per heavy atom. The van der Waals surface area contributed by atoms with Crippen molar-refractivity contribution in [1.82, 2.24) is 9.29 Å². The van der Waals surface area contributed by atoms with Gasteiger partial charge in [0, 0.05) is 25.5 Å². The molecule has 0 N–H and O–H groups in total. The van der Waals surface area contributed by atoms with Gasteiger partial charge in [-0.1, -0.05) is 0 Å². The van der Waals surface area contributed by atoms with Gasteiger partial charge >= 0.3 is 0 Å². The molecule has 0 aliphatic rings. The van der Waals surface area contributed by atoms with E-state index < -0.39 is 10.0 Å². The summed E-state index contributed by atoms with van der Waals surface area (Å²) in [4.78, 5) is 4.10. The van der Waals surface area contributed by atoms with Gasteiger partial charge in [-0.25, -0.2) is 8.42 Å². The van der Waals surface area contributed by atoms with Crippen molar-refractivity contribution >= 4 is 21.4 Å². The number of hydrogen-bond donors (Lipinski definition) is 0. The van der Waals surface area contributed by atoms with Crippen molar-refractivity contribution in [2.45, 2.75) is 24.3 Å². The molecular formula is C13H16N2O2S2. The molecule has 0 aromatic carbocycles. The minimum atomic E-state index is -3.47. The van der Waals surface area contributed by atoms with Gasteiger partial charge in [0.2, 0.25) is 10.0 Å². The van der Waals surface area contributed by atoms with Crippen LogP contribution in [0.2, 0.25) is 0 Å². The third-order valence-electron chi connectivity index (χ3n) is 3.04. The van der Waals surface area contributed by atoms with Crippen molar-refractivity contribution in [2.24, 2.45) is 0 Å². The van der Waals surface area contributed by atoms with Crippen molar-refractivity contribution in [1.29, 1.82) is 0 Å². The molecule has 0 saturated carbocycles. The fourth-order valence-electron chi connectivity index (χ4n) is 1.78. The number of nitrogens with zero attached hydrogens (tertiary/aromatic N) is 2. The lowest BCUT2D eigenvalue weighted by Gasteiger charge is -2.23. The van der Waals surface area contributed by atoms with Crippen LogP contribution >= 0.6 is 11.3 Å². The van der Waals surface area contributed by atoms with E-state index in [4.69, 9.17) is 0 Å². The molecule has 4 nitrogen and oxygen atoms in total. The Morgan fingerprint density at radius 1 is 1.42 bits per heavy atom. The Kier molecular flexibility index (Phi) is 4.34. The van der Waals surface area contributed by atoms with Gasteiger partial charge in [-0.3, -0.25) is 4.98 Å². The summed E-state index contributed by atoms with van der Waals surface area (Å²) in [6.45, 7) is 1.91. The third kappa shape index (κ3) is 3.20. The zero-order chi connectivity index (χ0) is 13.9. The molecule has 19 heavy (non-hydrogen) atoms. The van der Waals surface area contributed by atoms with Gasteiger partial charge in [0.1, 0.15) is 4.90 Å². The van der Waals surface area contributed by atoms with Crippen molar-refractivity contribution in [3.63, 3.8) is 0 Å². The van der Waals surface area contributed by atoms with Crippen molar-refractivity contribution in [3.05, 3.63) is 46.9 Å². The average Bonchev–Trinajstić information content (AvgIpc) is 2.91. The average molecular weight is 296 g/mol. The molecule has 0 fully saturated rings. The topological polar surface area (TPSA) is 50.3 Å². The summed E-state index contributed by atoms with van der Waals surface area (Å²) in [5, 5.41) is 4.04. The quantitative estimate of drug-likeness (QED) is 0.851. The molecule has 0 unspecified atom stereocenters. The summed E-state index contributed by atoms with van der Waals surface area (Å²) in [5.41, 5.74) is 1.16. The number of likely N-dealkylation sites (N-methyl/N-ethyl adjacent to an activating group) is 1. The molecule has 0 aliphatic heterocycles. The van der Waals surface area contributed by atoms with Crippen LogP contribution in [0.4, 0.5) is 0 Å². The van der Waals surface area contributed by atoms with Crippen LogP contribution in [0.3, 0.4) is 0 Å². The minimum Gasteiger partial charge on any atom is -0.263 e. The van der Waals surface area contributed by atoms with E-state index in [1.807, 2.05) is 23.8 Å². The van der Waals surface area contributed by atoms with E-state index in [1.165, 1.54) is 10.5 Å². The summed E-state index contributed by atoms with van der Waals surface area (Å²) in [6.07, 6.45) is 3.65. The van der Waals surface area contributed by atoms with Gasteiger partial charge in [0.25, 0.3) is 0 Å². The van der Waals surface area contributed by atoms with E-state index in [9.17, 15) is 8.42 Å². The van der Waals surface area contributed by atoms with E-state index >= 15 is 0 Å². The van der Waals surface area contributed by atoms with Gasteiger partial charge in [0.05, 0.1) is 0 Å². The molecule has 6 heteroatoms. The SMILES string of the molecule is C[C@H](Cc1ccsc1)N(C)S(=O)(=O)c1cccnc1. The number of aromatic nitrogens is 1. The monoisotopic (exact) mass is 296 g/mol. The summed E-state index contributed by atoms with van der Waals surface area (Å²) in [6, 6.07) is 5.12. The summed E-state index contributed by atoms with van der Waals surface area (Å²) < 4.78 is 26.2. The molecule has 1 atom stereocenters. The molecule has 0 amide bonds. The Balaban J connectivity index is 2.16. The van der Waals surface area contributed by atoms with Crippen LogP contribution in [0.5, 0.6) is 0 Å². The largest absolute Gasteiger partial charge is 0.263 e. The molecular weight excluding hydrogens is 280 g/mol. The molecule has 0 saturated heterocycles. The molecule has 0 spiro atoms. The van der Waals surface area contributed by atoms with E-state index in [-0.39, 0.29) is 10.9 Å².